The van der Waals surface area contributed by atoms with Crippen LogP contribution in [0.15, 0.2) is 48.7 Å². The minimum absolute atomic E-state index is 0.0308. The predicted molar refractivity (Wildman–Crippen MR) is 97.2 cm³/mol. The fraction of sp³-hybridized carbons (Fsp3) is 0.0556. The highest BCUT2D eigenvalue weighted by Crippen LogP contribution is 2.34. The zero-order valence-corrected chi connectivity index (χ0v) is 14.5. The van der Waals surface area contributed by atoms with Crippen LogP contribution in [0.5, 0.6) is 11.5 Å². The summed E-state index contributed by atoms with van der Waals surface area (Å²) in [6, 6.07) is 10.7. The molecule has 1 amide bonds. The van der Waals surface area contributed by atoms with E-state index < -0.39 is 11.7 Å². The number of benzene rings is 2. The molecule has 136 valence electrons. The number of rotatable bonds is 4. The van der Waals surface area contributed by atoms with Crippen molar-refractivity contribution in [3.63, 3.8) is 0 Å². The first-order chi connectivity index (χ1) is 13.1. The second-order valence-electron chi connectivity index (χ2n) is 5.54. The lowest BCUT2D eigenvalue weighted by Crippen LogP contribution is -2.14. The number of hydrogen-bond donors (Lipinski definition) is 2. The smallest absolute Gasteiger partial charge is 0.274 e. The number of fused-ring (bicyclic) bond motifs is 1. The van der Waals surface area contributed by atoms with Crippen LogP contribution in [-0.4, -0.2) is 22.7 Å². The largest absolute Gasteiger partial charge is 0.454 e. The molecule has 0 fully saturated rings. The van der Waals surface area contributed by atoms with Gasteiger partial charge < -0.3 is 20.1 Å². The molecular formula is C18H12ClFN4O3. The normalized spacial score (nSPS) is 11.9. The third-order valence-electron chi connectivity index (χ3n) is 3.69. The van der Waals surface area contributed by atoms with Gasteiger partial charge in [-0.1, -0.05) is 11.6 Å². The SMILES string of the molecule is O=C(Nc1ccc2c(c1)OCO2)c1ccnc(Nc2ccc(F)c(Cl)c2)n1. The highest BCUT2D eigenvalue weighted by atomic mass is 35.5. The third-order valence-corrected chi connectivity index (χ3v) is 3.98. The molecule has 1 aliphatic rings. The Hall–Kier alpha value is -3.39. The van der Waals surface area contributed by atoms with Crippen LogP contribution < -0.4 is 20.1 Å². The molecule has 9 heteroatoms. The zero-order valence-electron chi connectivity index (χ0n) is 13.7. The number of hydrogen-bond acceptors (Lipinski definition) is 6. The van der Waals surface area contributed by atoms with Gasteiger partial charge >= 0.3 is 0 Å². The van der Waals surface area contributed by atoms with E-state index in [-0.39, 0.29) is 23.5 Å². The van der Waals surface area contributed by atoms with Gasteiger partial charge in [0.2, 0.25) is 12.7 Å². The first-order valence-corrected chi connectivity index (χ1v) is 8.22. The fourth-order valence-electron chi connectivity index (χ4n) is 2.42. The molecule has 1 aromatic heterocycles. The summed E-state index contributed by atoms with van der Waals surface area (Å²) < 4.78 is 23.8. The Morgan fingerprint density at radius 3 is 2.74 bits per heavy atom. The van der Waals surface area contributed by atoms with Gasteiger partial charge in [0, 0.05) is 23.6 Å². The molecule has 2 aromatic carbocycles. The van der Waals surface area contributed by atoms with Crippen molar-refractivity contribution >= 4 is 34.8 Å². The number of carbonyl (C=O) groups is 1. The molecule has 0 saturated carbocycles. The lowest BCUT2D eigenvalue weighted by Gasteiger charge is -2.08. The van der Waals surface area contributed by atoms with Gasteiger partial charge in [-0.05, 0) is 36.4 Å². The second kappa shape index (κ2) is 7.08. The van der Waals surface area contributed by atoms with Crippen molar-refractivity contribution in [2.45, 2.75) is 0 Å². The topological polar surface area (TPSA) is 85.4 Å². The maximum absolute atomic E-state index is 13.2. The minimum Gasteiger partial charge on any atom is -0.454 e. The molecule has 27 heavy (non-hydrogen) atoms. The molecule has 1 aliphatic heterocycles. The molecular weight excluding hydrogens is 375 g/mol. The van der Waals surface area contributed by atoms with Crippen LogP contribution in [-0.2, 0) is 0 Å². The molecule has 0 aliphatic carbocycles. The van der Waals surface area contributed by atoms with E-state index in [1.165, 1.54) is 30.5 Å². The molecule has 0 bridgehead atoms. The Labute approximate surface area is 158 Å². The average Bonchev–Trinajstić information content (AvgIpc) is 3.13. The molecule has 0 unspecified atom stereocenters. The maximum atomic E-state index is 13.2. The number of halogens is 2. The van der Waals surface area contributed by atoms with Gasteiger partial charge in [-0.3, -0.25) is 4.79 Å². The fourth-order valence-corrected chi connectivity index (χ4v) is 2.60. The van der Waals surface area contributed by atoms with E-state index in [1.807, 2.05) is 0 Å². The van der Waals surface area contributed by atoms with Gasteiger partial charge in [-0.25, -0.2) is 14.4 Å². The van der Waals surface area contributed by atoms with Crippen LogP contribution in [0.2, 0.25) is 5.02 Å². The molecule has 0 spiro atoms. The summed E-state index contributed by atoms with van der Waals surface area (Å²) in [5.74, 6) is 0.415. The van der Waals surface area contributed by atoms with E-state index >= 15 is 0 Å². The number of ether oxygens (including phenoxy) is 2. The monoisotopic (exact) mass is 386 g/mol. The number of aromatic nitrogens is 2. The molecule has 0 atom stereocenters. The summed E-state index contributed by atoms with van der Waals surface area (Å²) >= 11 is 5.75. The van der Waals surface area contributed by atoms with Crippen LogP contribution in [0.25, 0.3) is 0 Å². The van der Waals surface area contributed by atoms with E-state index in [1.54, 1.807) is 18.2 Å². The molecule has 0 saturated heterocycles. The highest BCUT2D eigenvalue weighted by molar-refractivity contribution is 6.31. The van der Waals surface area contributed by atoms with Crippen LogP contribution in [0.1, 0.15) is 10.5 Å². The van der Waals surface area contributed by atoms with Crippen molar-refractivity contribution in [2.24, 2.45) is 0 Å². The highest BCUT2D eigenvalue weighted by Gasteiger charge is 2.15. The summed E-state index contributed by atoms with van der Waals surface area (Å²) in [4.78, 5) is 20.7. The van der Waals surface area contributed by atoms with Gasteiger partial charge in [0.15, 0.2) is 11.5 Å². The number of nitrogens with one attached hydrogen (secondary N) is 2. The van der Waals surface area contributed by atoms with Crippen molar-refractivity contribution in [1.29, 1.82) is 0 Å². The van der Waals surface area contributed by atoms with Gasteiger partial charge in [0.25, 0.3) is 5.91 Å². The molecule has 3 aromatic rings. The molecule has 0 radical (unpaired) electrons. The van der Waals surface area contributed by atoms with E-state index in [4.69, 9.17) is 21.1 Å². The van der Waals surface area contributed by atoms with Gasteiger partial charge in [-0.2, -0.15) is 0 Å². The summed E-state index contributed by atoms with van der Waals surface area (Å²) in [6.45, 7) is 0.154. The van der Waals surface area contributed by atoms with E-state index in [0.29, 0.717) is 22.9 Å². The average molecular weight is 387 g/mol. The lowest BCUT2D eigenvalue weighted by molar-refractivity contribution is 0.102. The first kappa shape index (κ1) is 17.0. The van der Waals surface area contributed by atoms with Crippen LogP contribution in [0, 0.1) is 5.82 Å². The Morgan fingerprint density at radius 1 is 1.07 bits per heavy atom. The van der Waals surface area contributed by atoms with E-state index in [0.717, 1.165) is 0 Å². The van der Waals surface area contributed by atoms with Crippen molar-refractivity contribution in [3.8, 4) is 11.5 Å². The molecule has 2 N–H and O–H groups in total. The number of anilines is 3. The lowest BCUT2D eigenvalue weighted by atomic mass is 10.2. The summed E-state index contributed by atoms with van der Waals surface area (Å²) in [5.41, 5.74) is 1.19. The van der Waals surface area contributed by atoms with Crippen molar-refractivity contribution in [1.82, 2.24) is 9.97 Å². The maximum Gasteiger partial charge on any atom is 0.274 e. The standard InChI is InChI=1S/C18H12ClFN4O3/c19-12-7-10(1-3-13(12)20)23-18-21-6-5-14(24-18)17(25)22-11-2-4-15-16(8-11)27-9-26-15/h1-8H,9H2,(H,22,25)(H,21,23,24). The van der Waals surface area contributed by atoms with Crippen molar-refractivity contribution in [2.75, 3.05) is 17.4 Å². The van der Waals surface area contributed by atoms with Gasteiger partial charge in [-0.15, -0.1) is 0 Å². The van der Waals surface area contributed by atoms with E-state index in [9.17, 15) is 9.18 Å². The Morgan fingerprint density at radius 2 is 1.89 bits per heavy atom. The quantitative estimate of drug-likeness (QED) is 0.705. The predicted octanol–water partition coefficient (Wildman–Crippen LogP) is 3.99. The summed E-state index contributed by atoms with van der Waals surface area (Å²) in [7, 11) is 0. The van der Waals surface area contributed by atoms with Crippen molar-refractivity contribution < 1.29 is 18.7 Å². The molecule has 2 heterocycles. The van der Waals surface area contributed by atoms with Crippen LogP contribution >= 0.6 is 11.6 Å². The zero-order chi connectivity index (χ0) is 18.8. The van der Waals surface area contributed by atoms with Gasteiger partial charge in [0.05, 0.1) is 5.02 Å². The first-order valence-electron chi connectivity index (χ1n) is 7.84. The molecule has 7 nitrogen and oxygen atoms in total. The van der Waals surface area contributed by atoms with Crippen LogP contribution in [0.4, 0.5) is 21.7 Å². The number of amides is 1. The van der Waals surface area contributed by atoms with Crippen LogP contribution in [0.3, 0.4) is 0 Å². The second-order valence-corrected chi connectivity index (χ2v) is 5.95. The number of carbonyl (C=O) groups excluding carboxylic acids is 1. The van der Waals surface area contributed by atoms with Crippen molar-refractivity contribution in [3.05, 3.63) is 65.2 Å². The minimum atomic E-state index is -0.528. The third kappa shape index (κ3) is 3.75. The molecule has 4 rings (SSSR count). The van der Waals surface area contributed by atoms with E-state index in [2.05, 4.69) is 20.6 Å². The Kier molecular flexibility index (Phi) is 4.47. The Bertz CT molecular complexity index is 1030. The summed E-state index contributed by atoms with van der Waals surface area (Å²) in [6.07, 6.45) is 1.44. The Balaban J connectivity index is 1.49. The summed E-state index contributed by atoms with van der Waals surface area (Å²) in [5, 5.41) is 5.58. The van der Waals surface area contributed by atoms with Gasteiger partial charge in [0.1, 0.15) is 11.5 Å². The number of nitrogens with zero attached hydrogens (tertiary/aromatic N) is 2.